The first-order valence-electron chi connectivity index (χ1n) is 4.89. The van der Waals surface area contributed by atoms with Crippen LogP contribution in [0, 0.1) is 20.8 Å². The van der Waals surface area contributed by atoms with Gasteiger partial charge in [0.25, 0.3) is 0 Å². The average molecular weight is 226 g/mol. The molecule has 1 aromatic rings. The first-order chi connectivity index (χ1) is 6.60. The monoisotopic (exact) mass is 226 g/mol. The second-order valence-corrected chi connectivity index (χ2v) is 4.57. The smallest absolute Gasteiger partial charge is 0.00149 e. The molecule has 0 unspecified atom stereocenters. The van der Waals surface area contributed by atoms with Crippen molar-refractivity contribution in [2.24, 2.45) is 0 Å². The van der Waals surface area contributed by atoms with E-state index in [1.54, 1.807) is 0 Å². The Morgan fingerprint density at radius 3 is 1.79 bits per heavy atom. The molecule has 0 spiro atoms. The number of aryl methyl sites for hydroxylation is 2. The summed E-state index contributed by atoms with van der Waals surface area (Å²) in [5, 5.41) is 0. The van der Waals surface area contributed by atoms with Crippen LogP contribution in [0.5, 0.6) is 0 Å². The highest BCUT2D eigenvalue weighted by Gasteiger charge is 2.09. The first kappa shape index (κ1) is 12.0. The molecular weight excluding hydrogens is 208 g/mol. The van der Waals surface area contributed by atoms with E-state index in [4.69, 9.17) is 0 Å². The summed E-state index contributed by atoms with van der Waals surface area (Å²) in [6.45, 7) is 6.50. The second kappa shape index (κ2) is 5.13. The molecule has 0 saturated heterocycles. The van der Waals surface area contributed by atoms with Gasteiger partial charge < -0.3 is 0 Å². The van der Waals surface area contributed by atoms with Gasteiger partial charge >= 0.3 is 0 Å². The van der Waals surface area contributed by atoms with Crippen molar-refractivity contribution < 1.29 is 0 Å². The lowest BCUT2D eigenvalue weighted by molar-refractivity contribution is 0.895. The first-order valence-corrected chi connectivity index (χ1v) is 6.16. The standard InChI is InChI=1S/C12H18S2/c1-8-4-11(12(6-13)7-14)5-9(2)10(8)3/h4-5,12-14H,6-7H2,1-3H3. The van der Waals surface area contributed by atoms with Crippen molar-refractivity contribution in [3.63, 3.8) is 0 Å². The topological polar surface area (TPSA) is 0 Å². The highest BCUT2D eigenvalue weighted by atomic mass is 32.1. The minimum atomic E-state index is 0.472. The molecule has 0 radical (unpaired) electrons. The molecule has 78 valence electrons. The number of rotatable bonds is 3. The van der Waals surface area contributed by atoms with E-state index in [-0.39, 0.29) is 0 Å². The van der Waals surface area contributed by atoms with Crippen molar-refractivity contribution in [3.05, 3.63) is 34.4 Å². The van der Waals surface area contributed by atoms with Crippen molar-refractivity contribution in [2.45, 2.75) is 26.7 Å². The fraction of sp³-hybridized carbons (Fsp3) is 0.500. The molecule has 0 atom stereocenters. The average Bonchev–Trinajstić information content (AvgIpc) is 2.16. The third-order valence-electron chi connectivity index (χ3n) is 2.86. The van der Waals surface area contributed by atoms with Gasteiger partial charge in [-0.2, -0.15) is 25.3 Å². The van der Waals surface area contributed by atoms with Gasteiger partial charge in [0, 0.05) is 5.92 Å². The molecule has 0 aliphatic heterocycles. The summed E-state index contributed by atoms with van der Waals surface area (Å²) in [4.78, 5) is 0. The molecule has 0 nitrogen and oxygen atoms in total. The Labute approximate surface area is 97.9 Å². The summed E-state index contributed by atoms with van der Waals surface area (Å²) >= 11 is 8.70. The molecule has 0 bridgehead atoms. The van der Waals surface area contributed by atoms with Crippen LogP contribution in [0.1, 0.15) is 28.2 Å². The van der Waals surface area contributed by atoms with Crippen molar-refractivity contribution in [1.29, 1.82) is 0 Å². The van der Waals surface area contributed by atoms with Crippen molar-refractivity contribution in [3.8, 4) is 0 Å². The van der Waals surface area contributed by atoms with E-state index in [0.29, 0.717) is 5.92 Å². The third-order valence-corrected chi connectivity index (χ3v) is 3.74. The SMILES string of the molecule is Cc1cc(C(CS)CS)cc(C)c1C. The Bertz CT molecular complexity index is 291. The van der Waals surface area contributed by atoms with Gasteiger partial charge in [-0.15, -0.1) is 0 Å². The summed E-state index contributed by atoms with van der Waals surface area (Å²) in [5.74, 6) is 2.20. The summed E-state index contributed by atoms with van der Waals surface area (Å²) in [7, 11) is 0. The quantitative estimate of drug-likeness (QED) is 0.724. The normalized spacial score (nSPS) is 11.0. The van der Waals surface area contributed by atoms with E-state index >= 15 is 0 Å². The molecular formula is C12H18S2. The molecule has 1 rings (SSSR count). The van der Waals surface area contributed by atoms with Crippen molar-refractivity contribution in [2.75, 3.05) is 11.5 Å². The molecule has 2 heteroatoms. The lowest BCUT2D eigenvalue weighted by Crippen LogP contribution is -2.04. The number of thiol groups is 2. The fourth-order valence-corrected chi connectivity index (χ4v) is 2.46. The van der Waals surface area contributed by atoms with Crippen LogP contribution >= 0.6 is 25.3 Å². The molecule has 14 heavy (non-hydrogen) atoms. The van der Waals surface area contributed by atoms with Crippen LogP contribution in [0.3, 0.4) is 0 Å². The molecule has 0 aromatic heterocycles. The zero-order valence-corrected chi connectivity index (χ0v) is 10.8. The van der Waals surface area contributed by atoms with E-state index in [0.717, 1.165) is 11.5 Å². The van der Waals surface area contributed by atoms with E-state index in [2.05, 4.69) is 58.2 Å². The number of benzene rings is 1. The maximum Gasteiger partial charge on any atom is 0.00149 e. The van der Waals surface area contributed by atoms with Gasteiger partial charge in [-0.05, 0) is 54.5 Å². The highest BCUT2D eigenvalue weighted by molar-refractivity contribution is 7.81. The van der Waals surface area contributed by atoms with E-state index in [9.17, 15) is 0 Å². The maximum absolute atomic E-state index is 4.35. The zero-order valence-electron chi connectivity index (χ0n) is 9.04. The van der Waals surface area contributed by atoms with Crippen LogP contribution in [-0.2, 0) is 0 Å². The lowest BCUT2D eigenvalue weighted by Gasteiger charge is -2.15. The Balaban J connectivity index is 3.11. The molecule has 0 N–H and O–H groups in total. The number of hydrogen-bond donors (Lipinski definition) is 2. The van der Waals surface area contributed by atoms with Crippen LogP contribution < -0.4 is 0 Å². The fourth-order valence-electron chi connectivity index (χ4n) is 1.57. The Hall–Kier alpha value is -0.0800. The van der Waals surface area contributed by atoms with Crippen molar-refractivity contribution in [1.82, 2.24) is 0 Å². The van der Waals surface area contributed by atoms with Gasteiger partial charge in [-0.3, -0.25) is 0 Å². The summed E-state index contributed by atoms with van der Waals surface area (Å²) in [5.41, 5.74) is 5.50. The molecule has 0 saturated carbocycles. The lowest BCUT2D eigenvalue weighted by atomic mass is 9.94. The van der Waals surface area contributed by atoms with E-state index in [1.807, 2.05) is 0 Å². The van der Waals surface area contributed by atoms with E-state index in [1.165, 1.54) is 22.3 Å². The van der Waals surface area contributed by atoms with E-state index < -0.39 is 0 Å². The summed E-state index contributed by atoms with van der Waals surface area (Å²) < 4.78 is 0. The van der Waals surface area contributed by atoms with Crippen LogP contribution in [-0.4, -0.2) is 11.5 Å². The van der Waals surface area contributed by atoms with Gasteiger partial charge in [0.05, 0.1) is 0 Å². The Morgan fingerprint density at radius 2 is 1.43 bits per heavy atom. The molecule has 0 heterocycles. The van der Waals surface area contributed by atoms with Gasteiger partial charge in [0.1, 0.15) is 0 Å². The van der Waals surface area contributed by atoms with Gasteiger partial charge in [-0.1, -0.05) is 12.1 Å². The van der Waals surface area contributed by atoms with Crippen LogP contribution in [0.25, 0.3) is 0 Å². The molecule has 0 aliphatic carbocycles. The third kappa shape index (κ3) is 2.48. The molecule has 0 aliphatic rings. The van der Waals surface area contributed by atoms with Crippen molar-refractivity contribution >= 4 is 25.3 Å². The van der Waals surface area contributed by atoms with Crippen LogP contribution in [0.4, 0.5) is 0 Å². The predicted octanol–water partition coefficient (Wildman–Crippen LogP) is 3.56. The maximum atomic E-state index is 4.35. The number of hydrogen-bond acceptors (Lipinski definition) is 2. The Kier molecular flexibility index (Phi) is 4.39. The minimum Gasteiger partial charge on any atom is -0.179 e. The minimum absolute atomic E-state index is 0.472. The second-order valence-electron chi connectivity index (χ2n) is 3.84. The van der Waals surface area contributed by atoms with Crippen LogP contribution in [0.2, 0.25) is 0 Å². The highest BCUT2D eigenvalue weighted by Crippen LogP contribution is 2.23. The Morgan fingerprint density at radius 1 is 1.00 bits per heavy atom. The van der Waals surface area contributed by atoms with Gasteiger partial charge in [-0.25, -0.2) is 0 Å². The summed E-state index contributed by atoms with van der Waals surface area (Å²) in [6.07, 6.45) is 0. The predicted molar refractivity (Wildman–Crippen MR) is 71.1 cm³/mol. The van der Waals surface area contributed by atoms with Gasteiger partial charge in [0.2, 0.25) is 0 Å². The van der Waals surface area contributed by atoms with Crippen LogP contribution in [0.15, 0.2) is 12.1 Å². The largest absolute Gasteiger partial charge is 0.179 e. The molecule has 0 fully saturated rings. The molecule has 0 amide bonds. The molecule has 1 aromatic carbocycles. The summed E-state index contributed by atoms with van der Waals surface area (Å²) in [6, 6.07) is 4.53. The zero-order chi connectivity index (χ0) is 10.7. The van der Waals surface area contributed by atoms with Gasteiger partial charge in [0.15, 0.2) is 0 Å².